The minimum absolute atomic E-state index is 0.284. The van der Waals surface area contributed by atoms with Crippen LogP contribution in [-0.2, 0) is 10.0 Å². The highest BCUT2D eigenvalue weighted by molar-refractivity contribution is 7.89. The van der Waals surface area contributed by atoms with Crippen molar-refractivity contribution in [2.75, 3.05) is 18.5 Å². The number of aryl methyl sites for hydroxylation is 1. The fourth-order valence-corrected chi connectivity index (χ4v) is 3.04. The summed E-state index contributed by atoms with van der Waals surface area (Å²) in [5.41, 5.74) is 1.82. The van der Waals surface area contributed by atoms with Crippen molar-refractivity contribution in [3.8, 4) is 0 Å². The van der Waals surface area contributed by atoms with Crippen LogP contribution in [0.5, 0.6) is 0 Å². The molecule has 1 aromatic rings. The molecule has 0 aliphatic carbocycles. The maximum atomic E-state index is 11.9. The van der Waals surface area contributed by atoms with Gasteiger partial charge in [0.05, 0.1) is 9.88 Å². The third-order valence-electron chi connectivity index (χ3n) is 2.85. The van der Waals surface area contributed by atoms with E-state index in [1.54, 1.807) is 25.1 Å². The first kappa shape index (κ1) is 16.1. The Balaban J connectivity index is 3.15. The lowest BCUT2D eigenvalue weighted by Gasteiger charge is -2.22. The fourth-order valence-electron chi connectivity index (χ4n) is 1.82. The molecular weight excluding hydrogens is 280 g/mol. The Bertz CT molecular complexity index is 568. The summed E-state index contributed by atoms with van der Waals surface area (Å²) in [6, 6.07) is 5.07. The first-order chi connectivity index (χ1) is 8.83. The molecule has 0 unspecified atom stereocenters. The lowest BCUT2D eigenvalue weighted by Crippen LogP contribution is -2.25. The van der Waals surface area contributed by atoms with E-state index in [1.165, 1.54) is 0 Å². The van der Waals surface area contributed by atoms with Crippen LogP contribution < -0.4 is 9.62 Å². The van der Waals surface area contributed by atoms with Crippen molar-refractivity contribution in [1.29, 1.82) is 0 Å². The largest absolute Gasteiger partial charge is 0.339 e. The molecule has 0 radical (unpaired) electrons. The summed E-state index contributed by atoms with van der Waals surface area (Å²) in [5.74, 6) is 0. The Kier molecular flexibility index (Phi) is 5.46. The third-order valence-corrected chi connectivity index (χ3v) is 4.96. The van der Waals surface area contributed by atoms with Crippen LogP contribution in [0.4, 0.5) is 5.69 Å². The smallest absolute Gasteiger partial charge is 0.240 e. The summed E-state index contributed by atoms with van der Waals surface area (Å²) in [4.78, 5) is 3.02. The lowest BCUT2D eigenvalue weighted by atomic mass is 10.2. The number of nitrogens with one attached hydrogen (secondary N) is 1. The predicted octanol–water partition coefficient (Wildman–Crippen LogP) is 2.47. The number of sulfonamides is 1. The molecule has 0 spiro atoms. The Morgan fingerprint density at radius 2 is 2.00 bits per heavy atom. The van der Waals surface area contributed by atoms with Crippen LogP contribution in [-0.4, -0.2) is 27.0 Å². The number of thiocarbonyl (C=S) groups is 1. The molecule has 0 amide bonds. The molecule has 1 rings (SSSR count). The lowest BCUT2D eigenvalue weighted by molar-refractivity contribution is 0.584. The molecule has 1 aromatic carbocycles. The van der Waals surface area contributed by atoms with Gasteiger partial charge in [0.1, 0.15) is 0 Å². The molecule has 0 bridgehead atoms. The number of rotatable bonds is 5. The molecule has 0 heterocycles. The zero-order valence-electron chi connectivity index (χ0n) is 11.7. The topological polar surface area (TPSA) is 49.4 Å². The van der Waals surface area contributed by atoms with Crippen molar-refractivity contribution in [3.63, 3.8) is 0 Å². The molecule has 6 heteroatoms. The molecule has 0 atom stereocenters. The Hall–Kier alpha value is -0.980. The quantitative estimate of drug-likeness (QED) is 0.849. The number of benzene rings is 1. The minimum Gasteiger partial charge on any atom is -0.339 e. The van der Waals surface area contributed by atoms with Gasteiger partial charge in [-0.05, 0) is 37.1 Å². The van der Waals surface area contributed by atoms with Crippen molar-refractivity contribution in [3.05, 3.63) is 23.8 Å². The van der Waals surface area contributed by atoms with Gasteiger partial charge in [0, 0.05) is 19.3 Å². The standard InChI is InChI=1S/C13H20N2O2S2/c1-5-13(18)15(4)12-8-7-11(9-10(12)3)19(16,17)14-6-2/h7-9,14H,5-6H2,1-4H3. The van der Waals surface area contributed by atoms with Crippen LogP contribution in [0.2, 0.25) is 0 Å². The van der Waals surface area contributed by atoms with Gasteiger partial charge in [-0.2, -0.15) is 0 Å². The monoisotopic (exact) mass is 300 g/mol. The van der Waals surface area contributed by atoms with Gasteiger partial charge in [0.15, 0.2) is 0 Å². The molecule has 0 aliphatic rings. The van der Waals surface area contributed by atoms with Gasteiger partial charge >= 0.3 is 0 Å². The summed E-state index contributed by atoms with van der Waals surface area (Å²) < 4.78 is 26.3. The average Bonchev–Trinajstić information content (AvgIpc) is 2.36. The zero-order chi connectivity index (χ0) is 14.6. The van der Waals surface area contributed by atoms with Crippen LogP contribution in [0.25, 0.3) is 0 Å². The SMILES string of the molecule is CCNS(=O)(=O)c1ccc(N(C)C(=S)CC)c(C)c1. The van der Waals surface area contributed by atoms with Crippen molar-refractivity contribution in [2.24, 2.45) is 0 Å². The molecule has 4 nitrogen and oxygen atoms in total. The highest BCUT2D eigenvalue weighted by atomic mass is 32.2. The van der Waals surface area contributed by atoms with E-state index >= 15 is 0 Å². The Morgan fingerprint density at radius 3 is 2.47 bits per heavy atom. The van der Waals surface area contributed by atoms with Crippen molar-refractivity contribution < 1.29 is 8.42 Å². The number of anilines is 1. The molecule has 0 aromatic heterocycles. The Labute approximate surface area is 120 Å². The van der Waals surface area contributed by atoms with Crippen molar-refractivity contribution in [1.82, 2.24) is 4.72 Å². The van der Waals surface area contributed by atoms with Crippen molar-refractivity contribution in [2.45, 2.75) is 32.1 Å². The summed E-state index contributed by atoms with van der Waals surface area (Å²) >= 11 is 5.26. The molecule has 0 saturated carbocycles. The Morgan fingerprint density at radius 1 is 1.37 bits per heavy atom. The zero-order valence-corrected chi connectivity index (χ0v) is 13.4. The second-order valence-electron chi connectivity index (χ2n) is 4.26. The van der Waals surface area contributed by atoms with E-state index < -0.39 is 10.0 Å². The molecule has 19 heavy (non-hydrogen) atoms. The van der Waals surface area contributed by atoms with E-state index in [1.807, 2.05) is 25.8 Å². The van der Waals surface area contributed by atoms with Crippen LogP contribution in [0, 0.1) is 6.92 Å². The molecular formula is C13H20N2O2S2. The van der Waals surface area contributed by atoms with E-state index in [0.29, 0.717) is 6.54 Å². The van der Waals surface area contributed by atoms with E-state index in [9.17, 15) is 8.42 Å². The van der Waals surface area contributed by atoms with E-state index in [4.69, 9.17) is 12.2 Å². The van der Waals surface area contributed by atoms with Gasteiger partial charge in [0.2, 0.25) is 10.0 Å². The second kappa shape index (κ2) is 6.45. The molecule has 1 N–H and O–H groups in total. The van der Waals surface area contributed by atoms with Gasteiger partial charge < -0.3 is 4.90 Å². The number of hydrogen-bond donors (Lipinski definition) is 1. The number of nitrogens with zero attached hydrogens (tertiary/aromatic N) is 1. The molecule has 0 aliphatic heterocycles. The van der Waals surface area contributed by atoms with Gasteiger partial charge in [-0.3, -0.25) is 0 Å². The summed E-state index contributed by atoms with van der Waals surface area (Å²) in [7, 11) is -1.51. The maximum Gasteiger partial charge on any atom is 0.240 e. The van der Waals surface area contributed by atoms with E-state index in [0.717, 1.165) is 22.7 Å². The number of hydrogen-bond acceptors (Lipinski definition) is 3. The van der Waals surface area contributed by atoms with E-state index in [-0.39, 0.29) is 4.90 Å². The molecule has 106 valence electrons. The van der Waals surface area contributed by atoms with Crippen LogP contribution in [0.3, 0.4) is 0 Å². The van der Waals surface area contributed by atoms with Crippen molar-refractivity contribution >= 4 is 32.9 Å². The summed E-state index contributed by atoms with van der Waals surface area (Å²) in [6.07, 6.45) is 0.780. The normalized spacial score (nSPS) is 11.4. The van der Waals surface area contributed by atoms with Gasteiger partial charge in [0.25, 0.3) is 0 Å². The second-order valence-corrected chi connectivity index (χ2v) is 6.49. The highest BCUT2D eigenvalue weighted by Crippen LogP contribution is 2.23. The molecule has 0 saturated heterocycles. The first-order valence-electron chi connectivity index (χ1n) is 6.20. The highest BCUT2D eigenvalue weighted by Gasteiger charge is 2.15. The maximum absolute atomic E-state index is 11.9. The van der Waals surface area contributed by atoms with Crippen LogP contribution in [0.1, 0.15) is 25.8 Å². The predicted molar refractivity (Wildman–Crippen MR) is 83.3 cm³/mol. The summed E-state index contributed by atoms with van der Waals surface area (Å²) in [5, 5.41) is 0. The average molecular weight is 300 g/mol. The van der Waals surface area contributed by atoms with Crippen LogP contribution in [0.15, 0.2) is 23.1 Å². The minimum atomic E-state index is -3.40. The molecule has 0 fully saturated rings. The van der Waals surface area contributed by atoms with Gasteiger partial charge in [-0.25, -0.2) is 13.1 Å². The fraction of sp³-hybridized carbons (Fsp3) is 0.462. The first-order valence-corrected chi connectivity index (χ1v) is 8.09. The van der Waals surface area contributed by atoms with Gasteiger partial charge in [-0.1, -0.05) is 26.1 Å². The van der Waals surface area contributed by atoms with Gasteiger partial charge in [-0.15, -0.1) is 0 Å². The third kappa shape index (κ3) is 3.75. The summed E-state index contributed by atoms with van der Waals surface area (Å²) in [6.45, 7) is 6.02. The van der Waals surface area contributed by atoms with Crippen LogP contribution >= 0.6 is 12.2 Å². The van der Waals surface area contributed by atoms with E-state index in [2.05, 4.69) is 4.72 Å².